The molecule has 4 rings (SSSR count). The Kier molecular flexibility index (Phi) is 10.7. The van der Waals surface area contributed by atoms with Gasteiger partial charge in [-0.05, 0) is 36.8 Å². The largest absolute Gasteiger partial charge is 0.489 e. The molecular formula is C31H32F3N7O3. The number of nitrogens with one attached hydrogen (secondary N) is 3. The number of allylic oxidation sites excluding steroid dienone is 4. The van der Waals surface area contributed by atoms with Crippen LogP contribution >= 0.6 is 0 Å². The number of carbonyl (C=O) groups is 1. The molecule has 3 N–H and O–H groups in total. The van der Waals surface area contributed by atoms with Crippen LogP contribution in [0.3, 0.4) is 0 Å². The van der Waals surface area contributed by atoms with Crippen LogP contribution in [0.1, 0.15) is 18.2 Å². The van der Waals surface area contributed by atoms with Crippen molar-refractivity contribution in [1.29, 1.82) is 0 Å². The second-order valence-electron chi connectivity index (χ2n) is 9.41. The van der Waals surface area contributed by atoms with Crippen molar-refractivity contribution in [3.05, 3.63) is 103 Å². The van der Waals surface area contributed by atoms with E-state index in [-0.39, 0.29) is 24.7 Å². The molecule has 1 unspecified atom stereocenters. The molecule has 1 aliphatic rings. The zero-order valence-electron chi connectivity index (χ0n) is 24.1. The van der Waals surface area contributed by atoms with Crippen LogP contribution in [-0.4, -0.2) is 59.5 Å². The zero-order chi connectivity index (χ0) is 31.5. The fraction of sp³-hybridized carbons (Fsp3) is 0.226. The van der Waals surface area contributed by atoms with Gasteiger partial charge in [-0.25, -0.2) is 14.8 Å². The molecule has 3 aromatic rings. The summed E-state index contributed by atoms with van der Waals surface area (Å²) in [4.78, 5) is 26.0. The zero-order valence-corrected chi connectivity index (χ0v) is 24.1. The first kappa shape index (κ1) is 31.8. The number of aromatic nitrogens is 3. The normalized spacial score (nSPS) is 15.0. The van der Waals surface area contributed by atoms with E-state index in [1.165, 1.54) is 7.11 Å². The van der Waals surface area contributed by atoms with Gasteiger partial charge >= 0.3 is 12.2 Å². The molecule has 2 aromatic heterocycles. The van der Waals surface area contributed by atoms with Gasteiger partial charge < -0.3 is 29.8 Å². The Hall–Kier alpha value is -5.17. The smallest absolute Gasteiger partial charge is 0.416 e. The molecular weight excluding hydrogens is 575 g/mol. The standard InChI is InChI=1S/C31H32F3N7O3/c1-4-35-13-12-21(2)19-37-28-29-36-14-15-41(29)20-26(39-28)22-6-5-7-24(10-8-22)38-30(42)40-25-18-23(31(32,33)34)9-11-27(25)44-17-16-43-3/h4-15,18,20,24H,2,16-17,19H2,1,3H3,(H,37,39)(H2,38,40,42)/b13-12-,35-4?. The second kappa shape index (κ2) is 14.8. The van der Waals surface area contributed by atoms with E-state index in [4.69, 9.17) is 14.5 Å². The number of alkyl halides is 3. The predicted molar refractivity (Wildman–Crippen MR) is 165 cm³/mol. The van der Waals surface area contributed by atoms with Gasteiger partial charge in [0.1, 0.15) is 12.4 Å². The van der Waals surface area contributed by atoms with Crippen molar-refractivity contribution in [2.75, 3.05) is 37.5 Å². The number of urea groups is 1. The first-order valence-corrected chi connectivity index (χ1v) is 13.5. The van der Waals surface area contributed by atoms with Crippen molar-refractivity contribution >= 4 is 35.0 Å². The first-order chi connectivity index (χ1) is 21.2. The van der Waals surface area contributed by atoms with Crippen LogP contribution in [0.2, 0.25) is 0 Å². The SMILES string of the molecule is C=C(/C=C\N=CC)CNc1nc(C2=CC=CC(NC(=O)Nc3cc(C(F)(F)F)ccc3OCCOC)C=C2)cn2ccnc12. The van der Waals surface area contributed by atoms with Gasteiger partial charge in [0.05, 0.1) is 29.6 Å². The van der Waals surface area contributed by atoms with Crippen molar-refractivity contribution in [2.24, 2.45) is 4.99 Å². The van der Waals surface area contributed by atoms with Crippen LogP contribution in [0, 0.1) is 0 Å². The third-order valence-corrected chi connectivity index (χ3v) is 6.17. The minimum Gasteiger partial charge on any atom is -0.489 e. The summed E-state index contributed by atoms with van der Waals surface area (Å²) in [6, 6.07) is 1.60. The molecule has 0 bridgehead atoms. The number of halogens is 3. The Morgan fingerprint density at radius 1 is 1.25 bits per heavy atom. The Morgan fingerprint density at radius 3 is 2.86 bits per heavy atom. The summed E-state index contributed by atoms with van der Waals surface area (Å²) in [5.41, 5.74) is 1.80. The lowest BCUT2D eigenvalue weighted by Crippen LogP contribution is -2.35. The maximum Gasteiger partial charge on any atom is 0.416 e. The maximum atomic E-state index is 13.3. The van der Waals surface area contributed by atoms with E-state index >= 15 is 0 Å². The Labute approximate surface area is 252 Å². The van der Waals surface area contributed by atoms with Crippen LogP contribution in [0.4, 0.5) is 29.5 Å². The average Bonchev–Trinajstić information content (AvgIpc) is 3.35. The molecule has 1 atom stereocenters. The molecule has 0 fully saturated rings. The van der Waals surface area contributed by atoms with E-state index in [2.05, 4.69) is 32.5 Å². The number of fused-ring (bicyclic) bond motifs is 1. The van der Waals surface area contributed by atoms with Gasteiger partial charge in [-0.1, -0.05) is 37.0 Å². The van der Waals surface area contributed by atoms with Gasteiger partial charge in [-0.3, -0.25) is 4.99 Å². The number of methoxy groups -OCH3 is 1. The van der Waals surface area contributed by atoms with Crippen molar-refractivity contribution in [2.45, 2.75) is 19.1 Å². The van der Waals surface area contributed by atoms with Crippen LogP contribution in [0.25, 0.3) is 11.2 Å². The number of benzene rings is 1. The number of nitrogens with zero attached hydrogens (tertiary/aromatic N) is 4. The quantitative estimate of drug-likeness (QED) is 0.131. The third-order valence-electron chi connectivity index (χ3n) is 6.17. The molecule has 44 heavy (non-hydrogen) atoms. The van der Waals surface area contributed by atoms with Crippen LogP contribution in [0.15, 0.2) is 96.6 Å². The molecule has 0 spiro atoms. The third kappa shape index (κ3) is 8.67. The fourth-order valence-corrected chi connectivity index (χ4v) is 4.03. The van der Waals surface area contributed by atoms with E-state index in [0.29, 0.717) is 23.7 Å². The highest BCUT2D eigenvalue weighted by atomic mass is 19.4. The van der Waals surface area contributed by atoms with E-state index in [0.717, 1.165) is 29.3 Å². The summed E-state index contributed by atoms with van der Waals surface area (Å²) < 4.78 is 52.3. The topological polar surface area (TPSA) is 114 Å². The number of amides is 2. The van der Waals surface area contributed by atoms with Crippen LogP contribution < -0.4 is 20.7 Å². The summed E-state index contributed by atoms with van der Waals surface area (Å²) in [6.45, 7) is 6.59. The molecule has 0 radical (unpaired) electrons. The number of rotatable bonds is 12. The number of aliphatic imine (C=N–C) groups is 1. The summed E-state index contributed by atoms with van der Waals surface area (Å²) in [7, 11) is 1.47. The molecule has 1 aliphatic carbocycles. The number of anilines is 2. The van der Waals surface area contributed by atoms with Crippen LogP contribution in [-0.2, 0) is 10.9 Å². The Morgan fingerprint density at radius 2 is 2.09 bits per heavy atom. The first-order valence-electron chi connectivity index (χ1n) is 13.5. The molecule has 1 aromatic carbocycles. The molecule has 2 heterocycles. The fourth-order valence-electron chi connectivity index (χ4n) is 4.03. The van der Waals surface area contributed by atoms with E-state index in [1.54, 1.807) is 49.0 Å². The highest BCUT2D eigenvalue weighted by Crippen LogP contribution is 2.35. The lowest BCUT2D eigenvalue weighted by atomic mass is 10.1. The molecule has 0 saturated carbocycles. The van der Waals surface area contributed by atoms with Gasteiger partial charge in [0, 0.05) is 50.2 Å². The van der Waals surface area contributed by atoms with Crippen LogP contribution in [0.5, 0.6) is 5.75 Å². The van der Waals surface area contributed by atoms with Gasteiger partial charge in [0.25, 0.3) is 0 Å². The molecule has 0 saturated heterocycles. The lowest BCUT2D eigenvalue weighted by molar-refractivity contribution is -0.137. The number of ether oxygens (including phenoxy) is 2. The average molecular weight is 608 g/mol. The molecule has 13 heteroatoms. The molecule has 0 aliphatic heterocycles. The highest BCUT2D eigenvalue weighted by molar-refractivity contribution is 5.91. The maximum absolute atomic E-state index is 13.3. The molecule has 10 nitrogen and oxygen atoms in total. The van der Waals surface area contributed by atoms with E-state index in [9.17, 15) is 18.0 Å². The van der Waals surface area contributed by atoms with E-state index in [1.807, 2.05) is 29.8 Å². The minimum atomic E-state index is -4.59. The predicted octanol–water partition coefficient (Wildman–Crippen LogP) is 6.05. The minimum absolute atomic E-state index is 0.0838. The van der Waals surface area contributed by atoms with Gasteiger partial charge in [-0.15, -0.1) is 0 Å². The highest BCUT2D eigenvalue weighted by Gasteiger charge is 2.31. The Balaban J connectivity index is 1.46. The second-order valence-corrected chi connectivity index (χ2v) is 9.41. The van der Waals surface area contributed by atoms with Crippen molar-refractivity contribution < 1.29 is 27.4 Å². The Bertz CT molecular complexity index is 1640. The number of imidazole rings is 1. The summed E-state index contributed by atoms with van der Waals surface area (Å²) in [5.74, 6) is 0.641. The number of hydrogen-bond acceptors (Lipinski definition) is 7. The number of carbonyl (C=O) groups excluding carboxylic acids is 1. The van der Waals surface area contributed by atoms with Crippen molar-refractivity contribution in [3.63, 3.8) is 0 Å². The summed E-state index contributed by atoms with van der Waals surface area (Å²) >= 11 is 0. The number of hydrogen-bond donors (Lipinski definition) is 3. The van der Waals surface area contributed by atoms with Gasteiger partial charge in [0.15, 0.2) is 11.5 Å². The monoisotopic (exact) mass is 607 g/mol. The van der Waals surface area contributed by atoms with Crippen molar-refractivity contribution in [1.82, 2.24) is 19.7 Å². The van der Waals surface area contributed by atoms with Gasteiger partial charge in [0.2, 0.25) is 0 Å². The lowest BCUT2D eigenvalue weighted by Gasteiger charge is -2.17. The van der Waals surface area contributed by atoms with Gasteiger partial charge in [-0.2, -0.15) is 13.2 Å². The van der Waals surface area contributed by atoms with E-state index < -0.39 is 23.8 Å². The summed E-state index contributed by atoms with van der Waals surface area (Å²) in [6.07, 6.45) is 14.7. The van der Waals surface area contributed by atoms with Crippen molar-refractivity contribution in [3.8, 4) is 5.75 Å². The molecule has 230 valence electrons. The molecule has 2 amide bonds. The summed E-state index contributed by atoms with van der Waals surface area (Å²) in [5, 5.41) is 8.47.